The Morgan fingerprint density at radius 1 is 1.47 bits per heavy atom. The number of rotatable bonds is 3. The summed E-state index contributed by atoms with van der Waals surface area (Å²) in [5.41, 5.74) is 7.43. The maximum atomic E-state index is 13.1. The van der Waals surface area contributed by atoms with Gasteiger partial charge in [0, 0.05) is 6.54 Å². The molecule has 0 aliphatic carbocycles. The summed E-state index contributed by atoms with van der Waals surface area (Å²) in [6, 6.07) is 5.51. The molecule has 0 atom stereocenters. The van der Waals surface area contributed by atoms with Gasteiger partial charge in [0.1, 0.15) is 11.5 Å². The number of carbonyl (C=O) groups excluding carboxylic acids is 1. The second-order valence-corrected chi connectivity index (χ2v) is 4.17. The van der Waals surface area contributed by atoms with Gasteiger partial charge >= 0.3 is 0 Å². The van der Waals surface area contributed by atoms with E-state index >= 15 is 0 Å². The number of nitrogens with one attached hydrogen (secondary N) is 1. The van der Waals surface area contributed by atoms with E-state index in [4.69, 9.17) is 5.73 Å². The Balaban J connectivity index is 2.27. The molecular formula is C13H15FN4O. The Bertz CT molecular complexity index is 621. The first kappa shape index (κ1) is 13.1. The van der Waals surface area contributed by atoms with E-state index in [-0.39, 0.29) is 11.6 Å². The summed E-state index contributed by atoms with van der Waals surface area (Å²) in [7, 11) is 0. The minimum atomic E-state index is -0.454. The number of nitrogen functional groups attached to an aromatic ring is 1. The van der Waals surface area contributed by atoms with Gasteiger partial charge in [-0.2, -0.15) is 5.10 Å². The Kier molecular flexibility index (Phi) is 3.50. The van der Waals surface area contributed by atoms with Crippen molar-refractivity contribution in [3.8, 4) is 0 Å². The minimum Gasteiger partial charge on any atom is -0.397 e. The van der Waals surface area contributed by atoms with Gasteiger partial charge in [0.15, 0.2) is 0 Å². The number of nitrogens with two attached hydrogens (primary N) is 1. The van der Waals surface area contributed by atoms with Crippen molar-refractivity contribution in [1.82, 2.24) is 9.78 Å². The third-order valence-corrected chi connectivity index (χ3v) is 2.70. The molecule has 100 valence electrons. The molecule has 0 radical (unpaired) electrons. The number of amides is 1. The van der Waals surface area contributed by atoms with Crippen LogP contribution in [-0.4, -0.2) is 15.7 Å². The molecule has 1 heterocycles. The van der Waals surface area contributed by atoms with Crippen LogP contribution in [-0.2, 0) is 6.54 Å². The first-order valence-corrected chi connectivity index (χ1v) is 5.92. The normalized spacial score (nSPS) is 10.5. The van der Waals surface area contributed by atoms with Crippen LogP contribution in [0.1, 0.15) is 23.1 Å². The Hall–Kier alpha value is -2.37. The molecule has 0 fully saturated rings. The van der Waals surface area contributed by atoms with Crippen molar-refractivity contribution in [1.29, 1.82) is 0 Å². The molecule has 0 bridgehead atoms. The molecular weight excluding hydrogens is 247 g/mol. The maximum absolute atomic E-state index is 13.1. The molecule has 5 nitrogen and oxygen atoms in total. The first-order valence-electron chi connectivity index (χ1n) is 5.92. The number of hydrogen-bond donors (Lipinski definition) is 2. The number of benzene rings is 1. The predicted octanol–water partition coefficient (Wildman–Crippen LogP) is 2.19. The number of nitrogens with zero attached hydrogens (tertiary/aromatic N) is 2. The Morgan fingerprint density at radius 3 is 2.89 bits per heavy atom. The van der Waals surface area contributed by atoms with Crippen molar-refractivity contribution in [3.05, 3.63) is 41.5 Å². The van der Waals surface area contributed by atoms with Gasteiger partial charge in [0.05, 0.1) is 17.1 Å². The average Bonchev–Trinajstić information content (AvgIpc) is 2.75. The van der Waals surface area contributed by atoms with Crippen LogP contribution in [0.4, 0.5) is 15.8 Å². The highest BCUT2D eigenvalue weighted by Crippen LogP contribution is 2.20. The van der Waals surface area contributed by atoms with Crippen molar-refractivity contribution >= 4 is 17.3 Å². The van der Waals surface area contributed by atoms with Crippen LogP contribution in [0.2, 0.25) is 0 Å². The summed E-state index contributed by atoms with van der Waals surface area (Å²) in [4.78, 5) is 12.1. The highest BCUT2D eigenvalue weighted by Gasteiger charge is 2.14. The lowest BCUT2D eigenvalue weighted by atomic mass is 10.2. The Labute approximate surface area is 110 Å². The molecule has 19 heavy (non-hydrogen) atoms. The average molecular weight is 262 g/mol. The Morgan fingerprint density at radius 2 is 2.21 bits per heavy atom. The van der Waals surface area contributed by atoms with E-state index in [9.17, 15) is 9.18 Å². The minimum absolute atomic E-state index is 0.256. The fourth-order valence-electron chi connectivity index (χ4n) is 1.79. The zero-order valence-electron chi connectivity index (χ0n) is 10.8. The predicted molar refractivity (Wildman–Crippen MR) is 71.4 cm³/mol. The lowest BCUT2D eigenvalue weighted by Crippen LogP contribution is -2.18. The SMILES string of the molecule is CCn1nc(C)cc1C(=O)Nc1cc(F)ccc1N. The van der Waals surface area contributed by atoms with Crippen LogP contribution in [0.15, 0.2) is 24.3 Å². The van der Waals surface area contributed by atoms with Crippen LogP contribution < -0.4 is 11.1 Å². The third kappa shape index (κ3) is 2.73. The molecule has 2 aromatic rings. The van der Waals surface area contributed by atoms with Crippen molar-refractivity contribution in [2.75, 3.05) is 11.1 Å². The van der Waals surface area contributed by atoms with E-state index in [2.05, 4.69) is 10.4 Å². The van der Waals surface area contributed by atoms with Crippen molar-refractivity contribution in [2.45, 2.75) is 20.4 Å². The van der Waals surface area contributed by atoms with Crippen LogP contribution in [0.5, 0.6) is 0 Å². The lowest BCUT2D eigenvalue weighted by Gasteiger charge is -2.09. The summed E-state index contributed by atoms with van der Waals surface area (Å²) >= 11 is 0. The van der Waals surface area contributed by atoms with Crippen LogP contribution >= 0.6 is 0 Å². The van der Waals surface area contributed by atoms with Crippen molar-refractivity contribution < 1.29 is 9.18 Å². The summed E-state index contributed by atoms with van der Waals surface area (Å²) in [5.74, 6) is -0.815. The fourth-order valence-corrected chi connectivity index (χ4v) is 1.79. The summed E-state index contributed by atoms with van der Waals surface area (Å²) < 4.78 is 14.7. The molecule has 0 unspecified atom stereocenters. The molecule has 3 N–H and O–H groups in total. The van der Waals surface area contributed by atoms with Gasteiger partial charge in [0.2, 0.25) is 0 Å². The maximum Gasteiger partial charge on any atom is 0.273 e. The van der Waals surface area contributed by atoms with Crippen LogP contribution in [0.3, 0.4) is 0 Å². The van der Waals surface area contributed by atoms with E-state index < -0.39 is 5.82 Å². The van der Waals surface area contributed by atoms with Gasteiger partial charge in [-0.1, -0.05) is 0 Å². The number of halogens is 1. The topological polar surface area (TPSA) is 72.9 Å². The van der Waals surface area contributed by atoms with Gasteiger partial charge in [-0.05, 0) is 38.1 Å². The number of carbonyl (C=O) groups is 1. The fraction of sp³-hybridized carbons (Fsp3) is 0.231. The molecule has 0 aliphatic heterocycles. The second kappa shape index (κ2) is 5.09. The monoisotopic (exact) mass is 262 g/mol. The molecule has 0 saturated heterocycles. The zero-order valence-corrected chi connectivity index (χ0v) is 10.8. The highest BCUT2D eigenvalue weighted by atomic mass is 19.1. The molecule has 2 rings (SSSR count). The van der Waals surface area contributed by atoms with Gasteiger partial charge in [-0.25, -0.2) is 4.39 Å². The molecule has 1 aromatic carbocycles. The molecule has 6 heteroatoms. The molecule has 0 aliphatic rings. The molecule has 0 spiro atoms. The van der Waals surface area contributed by atoms with Crippen LogP contribution in [0.25, 0.3) is 0 Å². The van der Waals surface area contributed by atoms with E-state index in [0.717, 1.165) is 5.69 Å². The lowest BCUT2D eigenvalue weighted by molar-refractivity contribution is 0.101. The van der Waals surface area contributed by atoms with Gasteiger partial charge in [0.25, 0.3) is 5.91 Å². The number of anilines is 2. The number of hydrogen-bond acceptors (Lipinski definition) is 3. The second-order valence-electron chi connectivity index (χ2n) is 4.17. The quantitative estimate of drug-likeness (QED) is 0.833. The van der Waals surface area contributed by atoms with Gasteiger partial charge in [-0.3, -0.25) is 9.48 Å². The molecule has 1 amide bonds. The van der Waals surface area contributed by atoms with Crippen molar-refractivity contribution in [3.63, 3.8) is 0 Å². The zero-order chi connectivity index (χ0) is 14.0. The molecule has 1 aromatic heterocycles. The summed E-state index contributed by atoms with van der Waals surface area (Å²) in [6.07, 6.45) is 0. The highest BCUT2D eigenvalue weighted by molar-refractivity contribution is 6.04. The molecule has 0 saturated carbocycles. The van der Waals surface area contributed by atoms with E-state index in [1.165, 1.54) is 18.2 Å². The van der Waals surface area contributed by atoms with Crippen LogP contribution in [0, 0.1) is 12.7 Å². The van der Waals surface area contributed by atoms with E-state index in [1.807, 2.05) is 6.92 Å². The largest absolute Gasteiger partial charge is 0.397 e. The van der Waals surface area contributed by atoms with Gasteiger partial charge < -0.3 is 11.1 Å². The number of aromatic nitrogens is 2. The summed E-state index contributed by atoms with van der Waals surface area (Å²) in [6.45, 7) is 4.27. The number of aryl methyl sites for hydroxylation is 2. The summed E-state index contributed by atoms with van der Waals surface area (Å²) in [5, 5.41) is 6.77. The smallest absolute Gasteiger partial charge is 0.273 e. The first-order chi connectivity index (χ1) is 9.01. The van der Waals surface area contributed by atoms with Crippen molar-refractivity contribution in [2.24, 2.45) is 0 Å². The third-order valence-electron chi connectivity index (χ3n) is 2.70. The standard InChI is InChI=1S/C13H15FN4O/c1-3-18-12(6-8(2)17-18)13(19)16-11-7-9(14)4-5-10(11)15/h4-7H,3,15H2,1-2H3,(H,16,19). The van der Waals surface area contributed by atoms with E-state index in [1.54, 1.807) is 17.7 Å². The van der Waals surface area contributed by atoms with E-state index in [0.29, 0.717) is 17.9 Å². The van der Waals surface area contributed by atoms with Gasteiger partial charge in [-0.15, -0.1) is 0 Å².